The largest absolute Gasteiger partial charge is 0.465 e. The van der Waals surface area contributed by atoms with E-state index in [1.165, 1.54) is 37.8 Å². The Hall–Kier alpha value is -3.16. The minimum Gasteiger partial charge on any atom is -0.465 e. The highest BCUT2D eigenvalue weighted by Crippen LogP contribution is 2.21. The number of Topliss-reactive ketones (excluding diaryl/α,β-unsaturated/α-hetero) is 2. The minimum atomic E-state index is -1.09. The van der Waals surface area contributed by atoms with Crippen LogP contribution in [0.3, 0.4) is 0 Å². The molecule has 27 heavy (non-hydrogen) atoms. The molecule has 1 N–H and O–H groups in total. The normalized spacial score (nSPS) is 11.8. The second kappa shape index (κ2) is 7.61. The van der Waals surface area contributed by atoms with Crippen LogP contribution in [0.5, 0.6) is 0 Å². The van der Waals surface area contributed by atoms with Crippen molar-refractivity contribution in [2.75, 3.05) is 7.11 Å². The number of nitrogens with one attached hydrogen (secondary N) is 1. The van der Waals surface area contributed by atoms with Crippen LogP contribution >= 0.6 is 0 Å². The molecule has 0 aliphatic rings. The van der Waals surface area contributed by atoms with Gasteiger partial charge in [-0.2, -0.15) is 0 Å². The molecular weight excluding hydrogens is 352 g/mol. The van der Waals surface area contributed by atoms with Gasteiger partial charge in [-0.05, 0) is 39.3 Å². The SMILES string of the molecule is COC(=O)c1c(C)[nH]c(C(=O)[C@H](C)OC(=O)c2cc(C(C)=O)cn2C)c1C. The molecule has 144 valence electrons. The molecule has 2 aromatic rings. The first-order valence-electron chi connectivity index (χ1n) is 8.28. The zero-order chi connectivity index (χ0) is 20.5. The van der Waals surface area contributed by atoms with Crippen LogP contribution in [-0.4, -0.2) is 46.3 Å². The summed E-state index contributed by atoms with van der Waals surface area (Å²) in [7, 11) is 2.87. The average molecular weight is 374 g/mol. The van der Waals surface area contributed by atoms with Gasteiger partial charge in [-0.25, -0.2) is 9.59 Å². The maximum Gasteiger partial charge on any atom is 0.355 e. The van der Waals surface area contributed by atoms with E-state index in [0.29, 0.717) is 16.8 Å². The number of aromatic amines is 1. The van der Waals surface area contributed by atoms with Crippen molar-refractivity contribution < 1.29 is 28.7 Å². The summed E-state index contributed by atoms with van der Waals surface area (Å²) in [5.74, 6) is -1.92. The van der Waals surface area contributed by atoms with Gasteiger partial charge < -0.3 is 19.0 Å². The van der Waals surface area contributed by atoms with Crippen molar-refractivity contribution in [3.05, 3.63) is 46.0 Å². The molecule has 8 nitrogen and oxygen atoms in total. The second-order valence-corrected chi connectivity index (χ2v) is 6.31. The molecule has 0 spiro atoms. The number of rotatable bonds is 6. The summed E-state index contributed by atoms with van der Waals surface area (Å²) >= 11 is 0. The number of aromatic nitrogens is 2. The molecule has 0 bridgehead atoms. The van der Waals surface area contributed by atoms with Gasteiger partial charge >= 0.3 is 11.9 Å². The van der Waals surface area contributed by atoms with Crippen molar-refractivity contribution in [3.8, 4) is 0 Å². The Kier molecular flexibility index (Phi) is 5.68. The predicted molar refractivity (Wildman–Crippen MR) is 96.2 cm³/mol. The van der Waals surface area contributed by atoms with Gasteiger partial charge in [0.25, 0.3) is 0 Å². The predicted octanol–water partition coefficient (Wildman–Crippen LogP) is 2.39. The summed E-state index contributed by atoms with van der Waals surface area (Å²) in [6, 6.07) is 1.42. The van der Waals surface area contributed by atoms with Crippen LogP contribution in [0.15, 0.2) is 12.3 Å². The van der Waals surface area contributed by atoms with E-state index in [4.69, 9.17) is 9.47 Å². The molecule has 0 saturated carbocycles. The lowest BCUT2D eigenvalue weighted by atomic mass is 10.1. The van der Waals surface area contributed by atoms with Crippen LogP contribution in [0.4, 0.5) is 0 Å². The highest BCUT2D eigenvalue weighted by Gasteiger charge is 2.28. The number of hydrogen-bond donors (Lipinski definition) is 1. The Balaban J connectivity index is 2.22. The quantitative estimate of drug-likeness (QED) is 0.614. The van der Waals surface area contributed by atoms with Gasteiger partial charge in [0.2, 0.25) is 5.78 Å². The third-order valence-electron chi connectivity index (χ3n) is 4.35. The number of nitrogens with zero attached hydrogens (tertiary/aromatic N) is 1. The first-order chi connectivity index (χ1) is 12.6. The number of carbonyl (C=O) groups excluding carboxylic acids is 4. The molecule has 0 aliphatic heterocycles. The molecule has 0 aromatic carbocycles. The third kappa shape index (κ3) is 3.84. The van der Waals surface area contributed by atoms with E-state index in [0.717, 1.165) is 0 Å². The lowest BCUT2D eigenvalue weighted by molar-refractivity contribution is 0.0307. The minimum absolute atomic E-state index is 0.162. The van der Waals surface area contributed by atoms with Crippen LogP contribution in [0.1, 0.15) is 66.8 Å². The number of carbonyl (C=O) groups is 4. The van der Waals surface area contributed by atoms with Crippen molar-refractivity contribution in [2.24, 2.45) is 7.05 Å². The van der Waals surface area contributed by atoms with E-state index in [1.54, 1.807) is 20.9 Å². The lowest BCUT2D eigenvalue weighted by Crippen LogP contribution is -2.26. The molecule has 8 heteroatoms. The van der Waals surface area contributed by atoms with Crippen LogP contribution in [-0.2, 0) is 16.5 Å². The first kappa shape index (κ1) is 20.2. The summed E-state index contributed by atoms with van der Waals surface area (Å²) in [5, 5.41) is 0. The number of aryl methyl sites for hydroxylation is 2. The van der Waals surface area contributed by atoms with Crippen molar-refractivity contribution >= 4 is 23.5 Å². The topological polar surface area (TPSA) is 107 Å². The van der Waals surface area contributed by atoms with Gasteiger partial charge in [0, 0.05) is 24.5 Å². The van der Waals surface area contributed by atoms with Gasteiger partial charge in [0.15, 0.2) is 11.9 Å². The molecule has 0 fully saturated rings. The molecule has 0 aliphatic carbocycles. The Morgan fingerprint density at radius 3 is 2.30 bits per heavy atom. The zero-order valence-electron chi connectivity index (χ0n) is 16.1. The number of methoxy groups -OCH3 is 1. The molecular formula is C19H22N2O6. The Morgan fingerprint density at radius 1 is 1.15 bits per heavy atom. The second-order valence-electron chi connectivity index (χ2n) is 6.31. The Morgan fingerprint density at radius 2 is 1.78 bits per heavy atom. The Bertz CT molecular complexity index is 934. The van der Waals surface area contributed by atoms with Crippen molar-refractivity contribution in [2.45, 2.75) is 33.8 Å². The molecule has 2 heterocycles. The maximum absolute atomic E-state index is 12.7. The van der Waals surface area contributed by atoms with E-state index in [1.807, 2.05) is 0 Å². The third-order valence-corrected chi connectivity index (χ3v) is 4.35. The number of ether oxygens (including phenoxy) is 2. The summed E-state index contributed by atoms with van der Waals surface area (Å²) in [6.45, 7) is 6.11. The smallest absolute Gasteiger partial charge is 0.355 e. The fraction of sp³-hybridized carbons (Fsp3) is 0.368. The fourth-order valence-corrected chi connectivity index (χ4v) is 2.84. The molecule has 0 unspecified atom stereocenters. The summed E-state index contributed by atoms with van der Waals surface area (Å²) in [5.41, 5.74) is 1.94. The molecule has 0 radical (unpaired) electrons. The number of hydrogen-bond acceptors (Lipinski definition) is 6. The van der Waals surface area contributed by atoms with Crippen molar-refractivity contribution in [1.29, 1.82) is 0 Å². The van der Waals surface area contributed by atoms with Gasteiger partial charge in [0.1, 0.15) is 5.69 Å². The highest BCUT2D eigenvalue weighted by atomic mass is 16.5. The summed E-state index contributed by atoms with van der Waals surface area (Å²) in [6.07, 6.45) is 0.433. The average Bonchev–Trinajstić information content (AvgIpc) is 3.13. The van der Waals surface area contributed by atoms with Crippen LogP contribution < -0.4 is 0 Å². The molecule has 1 atom stereocenters. The van der Waals surface area contributed by atoms with Crippen molar-refractivity contribution in [1.82, 2.24) is 9.55 Å². The van der Waals surface area contributed by atoms with E-state index < -0.39 is 23.8 Å². The fourth-order valence-electron chi connectivity index (χ4n) is 2.84. The van der Waals surface area contributed by atoms with E-state index in [-0.39, 0.29) is 22.7 Å². The maximum atomic E-state index is 12.7. The lowest BCUT2D eigenvalue weighted by Gasteiger charge is -2.12. The molecule has 2 rings (SSSR count). The van der Waals surface area contributed by atoms with E-state index in [9.17, 15) is 19.2 Å². The van der Waals surface area contributed by atoms with Crippen LogP contribution in [0.2, 0.25) is 0 Å². The van der Waals surface area contributed by atoms with Crippen LogP contribution in [0, 0.1) is 13.8 Å². The standard InChI is InChI=1S/C19H22N2O6/c1-9-15(19(25)26-6)10(2)20-16(9)17(23)12(4)27-18(24)14-7-13(11(3)22)8-21(14)5/h7-8,12,20H,1-6H3/t12-/m0/s1. The highest BCUT2D eigenvalue weighted by molar-refractivity contribution is 6.04. The monoisotopic (exact) mass is 374 g/mol. The summed E-state index contributed by atoms with van der Waals surface area (Å²) in [4.78, 5) is 51.2. The Labute approximate surface area is 156 Å². The van der Waals surface area contributed by atoms with Gasteiger partial charge in [-0.1, -0.05) is 0 Å². The van der Waals surface area contributed by atoms with Crippen LogP contribution in [0.25, 0.3) is 0 Å². The van der Waals surface area contributed by atoms with Gasteiger partial charge in [-0.15, -0.1) is 0 Å². The molecule has 2 aromatic heterocycles. The zero-order valence-corrected chi connectivity index (χ0v) is 16.1. The molecule has 0 saturated heterocycles. The van der Waals surface area contributed by atoms with Gasteiger partial charge in [0.05, 0.1) is 18.4 Å². The number of esters is 2. The first-order valence-corrected chi connectivity index (χ1v) is 8.28. The van der Waals surface area contributed by atoms with Gasteiger partial charge in [-0.3, -0.25) is 9.59 Å². The summed E-state index contributed by atoms with van der Waals surface area (Å²) < 4.78 is 11.5. The molecule has 0 amide bonds. The number of ketones is 2. The van der Waals surface area contributed by atoms with E-state index in [2.05, 4.69) is 4.98 Å². The van der Waals surface area contributed by atoms with Crippen molar-refractivity contribution in [3.63, 3.8) is 0 Å². The van der Waals surface area contributed by atoms with E-state index >= 15 is 0 Å². The number of H-pyrrole nitrogens is 1.